The molecule has 1 atom stereocenters. The number of aliphatic carboxylic acids is 1. The smallest absolute Gasteiger partial charge is 0.319 e. The molecule has 1 rings (SSSR count). The fourth-order valence-corrected chi connectivity index (χ4v) is 1.68. The van der Waals surface area contributed by atoms with Crippen molar-refractivity contribution < 1.29 is 14.7 Å². The SMILES string of the molecule is CCC(C)CNC(=O)Nc1ccccc1CCC(=O)O. The summed E-state index contributed by atoms with van der Waals surface area (Å²) in [6.07, 6.45) is 1.46. The monoisotopic (exact) mass is 278 g/mol. The first-order chi connectivity index (χ1) is 9.52. The number of hydrogen-bond acceptors (Lipinski definition) is 2. The first kappa shape index (κ1) is 16.0. The summed E-state index contributed by atoms with van der Waals surface area (Å²) in [5, 5.41) is 14.3. The minimum Gasteiger partial charge on any atom is -0.481 e. The highest BCUT2D eigenvalue weighted by molar-refractivity contribution is 5.90. The van der Waals surface area contributed by atoms with E-state index in [0.29, 0.717) is 24.6 Å². The quantitative estimate of drug-likeness (QED) is 0.717. The summed E-state index contributed by atoms with van der Waals surface area (Å²) < 4.78 is 0. The van der Waals surface area contributed by atoms with E-state index in [9.17, 15) is 9.59 Å². The van der Waals surface area contributed by atoms with Crippen LogP contribution in [0.15, 0.2) is 24.3 Å². The number of rotatable bonds is 7. The Labute approximate surface area is 119 Å². The van der Waals surface area contributed by atoms with Crippen LogP contribution < -0.4 is 10.6 Å². The topological polar surface area (TPSA) is 78.4 Å². The molecule has 5 nitrogen and oxygen atoms in total. The molecule has 0 aliphatic carbocycles. The molecule has 1 unspecified atom stereocenters. The molecule has 2 amide bonds. The summed E-state index contributed by atoms with van der Waals surface area (Å²) in [4.78, 5) is 22.4. The Bertz CT molecular complexity index is 460. The van der Waals surface area contributed by atoms with Crippen LogP contribution in [0.5, 0.6) is 0 Å². The van der Waals surface area contributed by atoms with E-state index in [4.69, 9.17) is 5.11 Å². The van der Waals surface area contributed by atoms with Gasteiger partial charge in [0.2, 0.25) is 0 Å². The third-order valence-electron chi connectivity index (χ3n) is 3.18. The number of urea groups is 1. The number of para-hydroxylation sites is 1. The van der Waals surface area contributed by atoms with Crippen molar-refractivity contribution in [1.82, 2.24) is 5.32 Å². The molecule has 1 aromatic rings. The van der Waals surface area contributed by atoms with Crippen molar-refractivity contribution in [3.05, 3.63) is 29.8 Å². The van der Waals surface area contributed by atoms with Gasteiger partial charge >= 0.3 is 12.0 Å². The molecule has 0 heterocycles. The number of carbonyl (C=O) groups is 2. The Balaban J connectivity index is 2.57. The summed E-state index contributed by atoms with van der Waals surface area (Å²) in [7, 11) is 0. The minimum absolute atomic E-state index is 0.0488. The van der Waals surface area contributed by atoms with E-state index in [1.165, 1.54) is 0 Å². The zero-order chi connectivity index (χ0) is 15.0. The number of amides is 2. The molecule has 20 heavy (non-hydrogen) atoms. The molecule has 0 spiro atoms. The molecule has 0 bridgehead atoms. The van der Waals surface area contributed by atoms with Gasteiger partial charge < -0.3 is 15.7 Å². The van der Waals surface area contributed by atoms with Crippen molar-refractivity contribution in [3.8, 4) is 0 Å². The van der Waals surface area contributed by atoms with Crippen molar-refractivity contribution in [1.29, 1.82) is 0 Å². The molecule has 0 aliphatic heterocycles. The van der Waals surface area contributed by atoms with E-state index in [-0.39, 0.29) is 12.5 Å². The van der Waals surface area contributed by atoms with Crippen LogP contribution >= 0.6 is 0 Å². The maximum Gasteiger partial charge on any atom is 0.319 e. The molecule has 0 aromatic heterocycles. The average Bonchev–Trinajstić information content (AvgIpc) is 2.43. The average molecular weight is 278 g/mol. The second-order valence-corrected chi connectivity index (χ2v) is 4.90. The number of hydrogen-bond donors (Lipinski definition) is 3. The third-order valence-corrected chi connectivity index (χ3v) is 3.18. The van der Waals surface area contributed by atoms with Gasteiger partial charge in [-0.1, -0.05) is 38.5 Å². The van der Waals surface area contributed by atoms with Crippen molar-refractivity contribution in [3.63, 3.8) is 0 Å². The zero-order valence-electron chi connectivity index (χ0n) is 12.0. The van der Waals surface area contributed by atoms with Gasteiger partial charge in [-0.05, 0) is 24.0 Å². The highest BCUT2D eigenvalue weighted by atomic mass is 16.4. The third kappa shape index (κ3) is 5.73. The lowest BCUT2D eigenvalue weighted by Crippen LogP contribution is -2.32. The minimum atomic E-state index is -0.846. The van der Waals surface area contributed by atoms with Gasteiger partial charge in [-0.15, -0.1) is 0 Å². The van der Waals surface area contributed by atoms with Gasteiger partial charge in [-0.2, -0.15) is 0 Å². The predicted molar refractivity (Wildman–Crippen MR) is 78.9 cm³/mol. The summed E-state index contributed by atoms with van der Waals surface area (Å²) >= 11 is 0. The van der Waals surface area contributed by atoms with Crippen LogP contribution in [0, 0.1) is 5.92 Å². The zero-order valence-corrected chi connectivity index (χ0v) is 12.0. The van der Waals surface area contributed by atoms with Gasteiger partial charge in [0.25, 0.3) is 0 Å². The Morgan fingerprint density at radius 3 is 2.65 bits per heavy atom. The fraction of sp³-hybridized carbons (Fsp3) is 0.467. The Morgan fingerprint density at radius 2 is 2.00 bits per heavy atom. The van der Waals surface area contributed by atoms with Gasteiger partial charge in [0, 0.05) is 18.7 Å². The normalized spacial score (nSPS) is 11.7. The van der Waals surface area contributed by atoms with E-state index in [0.717, 1.165) is 12.0 Å². The lowest BCUT2D eigenvalue weighted by molar-refractivity contribution is -0.136. The second kappa shape index (κ2) is 8.19. The van der Waals surface area contributed by atoms with Gasteiger partial charge in [0.05, 0.1) is 0 Å². The van der Waals surface area contributed by atoms with Crippen molar-refractivity contribution in [2.24, 2.45) is 5.92 Å². The molecule has 0 fully saturated rings. The van der Waals surface area contributed by atoms with E-state index in [2.05, 4.69) is 24.5 Å². The molecule has 0 saturated carbocycles. The molecular formula is C15H22N2O3. The Morgan fingerprint density at radius 1 is 1.30 bits per heavy atom. The highest BCUT2D eigenvalue weighted by Gasteiger charge is 2.08. The van der Waals surface area contributed by atoms with Gasteiger partial charge in [-0.25, -0.2) is 4.79 Å². The molecule has 0 saturated heterocycles. The van der Waals surface area contributed by atoms with Gasteiger partial charge in [-0.3, -0.25) is 4.79 Å². The Hall–Kier alpha value is -2.04. The molecular weight excluding hydrogens is 256 g/mol. The van der Waals surface area contributed by atoms with Crippen LogP contribution in [0.25, 0.3) is 0 Å². The van der Waals surface area contributed by atoms with Crippen LogP contribution in [0.2, 0.25) is 0 Å². The first-order valence-corrected chi connectivity index (χ1v) is 6.87. The van der Waals surface area contributed by atoms with Crippen molar-refractivity contribution in [2.75, 3.05) is 11.9 Å². The van der Waals surface area contributed by atoms with Crippen LogP contribution in [0.1, 0.15) is 32.3 Å². The summed E-state index contributed by atoms with van der Waals surface area (Å²) in [6.45, 7) is 4.77. The molecule has 5 heteroatoms. The molecule has 1 aromatic carbocycles. The van der Waals surface area contributed by atoms with E-state index < -0.39 is 5.97 Å². The second-order valence-electron chi connectivity index (χ2n) is 4.90. The van der Waals surface area contributed by atoms with E-state index >= 15 is 0 Å². The number of carboxylic acids is 1. The van der Waals surface area contributed by atoms with Crippen molar-refractivity contribution >= 4 is 17.7 Å². The molecule has 0 aliphatic rings. The maximum atomic E-state index is 11.8. The predicted octanol–water partition coefficient (Wildman–Crippen LogP) is 2.87. The first-order valence-electron chi connectivity index (χ1n) is 6.87. The summed E-state index contributed by atoms with van der Waals surface area (Å²) in [5.74, 6) is -0.413. The van der Waals surface area contributed by atoms with Crippen LogP contribution in [-0.2, 0) is 11.2 Å². The number of carbonyl (C=O) groups excluding carboxylic acids is 1. The van der Waals surface area contributed by atoms with Gasteiger partial charge in [0.1, 0.15) is 0 Å². The lowest BCUT2D eigenvalue weighted by Gasteiger charge is -2.13. The van der Waals surface area contributed by atoms with E-state index in [1.807, 2.05) is 18.2 Å². The summed E-state index contributed by atoms with van der Waals surface area (Å²) in [5.41, 5.74) is 1.49. The number of aryl methyl sites for hydroxylation is 1. The fourth-order valence-electron chi connectivity index (χ4n) is 1.68. The van der Waals surface area contributed by atoms with Crippen molar-refractivity contribution in [2.45, 2.75) is 33.1 Å². The van der Waals surface area contributed by atoms with Crippen LogP contribution in [-0.4, -0.2) is 23.7 Å². The number of benzene rings is 1. The maximum absolute atomic E-state index is 11.8. The number of carboxylic acid groups (broad SMARTS) is 1. The molecule has 110 valence electrons. The lowest BCUT2D eigenvalue weighted by atomic mass is 10.1. The number of anilines is 1. The van der Waals surface area contributed by atoms with Crippen LogP contribution in [0.4, 0.5) is 10.5 Å². The Kier molecular flexibility index (Phi) is 6.56. The molecule has 0 radical (unpaired) electrons. The largest absolute Gasteiger partial charge is 0.481 e. The number of nitrogens with one attached hydrogen (secondary N) is 2. The van der Waals surface area contributed by atoms with Gasteiger partial charge in [0.15, 0.2) is 0 Å². The standard InChI is InChI=1S/C15H22N2O3/c1-3-11(2)10-16-15(20)17-13-7-5-4-6-12(13)8-9-14(18)19/h4-7,11H,3,8-10H2,1-2H3,(H,18,19)(H2,16,17,20). The van der Waals surface area contributed by atoms with E-state index in [1.54, 1.807) is 6.07 Å². The van der Waals surface area contributed by atoms with Crippen LogP contribution in [0.3, 0.4) is 0 Å². The highest BCUT2D eigenvalue weighted by Crippen LogP contribution is 2.16. The molecule has 3 N–H and O–H groups in total. The summed E-state index contributed by atoms with van der Waals surface area (Å²) in [6, 6.07) is 6.99.